The molecule has 1 aliphatic heterocycles. The SMILES string of the molecule is CCCCCCCCCCN1c2ccccc2CN1C. The van der Waals surface area contributed by atoms with E-state index in [0.29, 0.717) is 0 Å². The van der Waals surface area contributed by atoms with Crippen molar-refractivity contribution in [2.45, 2.75) is 64.8 Å². The summed E-state index contributed by atoms with van der Waals surface area (Å²) < 4.78 is 0. The molecule has 0 saturated carbocycles. The van der Waals surface area contributed by atoms with Gasteiger partial charge in [0.15, 0.2) is 0 Å². The quantitative estimate of drug-likeness (QED) is 0.585. The first-order chi connectivity index (χ1) is 9.83. The molecule has 0 aromatic heterocycles. The second-order valence-electron chi connectivity index (χ2n) is 6.04. The van der Waals surface area contributed by atoms with Crippen LogP contribution in [0.25, 0.3) is 0 Å². The van der Waals surface area contributed by atoms with E-state index >= 15 is 0 Å². The average Bonchev–Trinajstić information content (AvgIpc) is 2.78. The van der Waals surface area contributed by atoms with Crippen molar-refractivity contribution in [3.05, 3.63) is 29.8 Å². The van der Waals surface area contributed by atoms with Crippen molar-refractivity contribution in [3.8, 4) is 0 Å². The first-order valence-electron chi connectivity index (χ1n) is 8.39. The van der Waals surface area contributed by atoms with E-state index in [4.69, 9.17) is 0 Å². The topological polar surface area (TPSA) is 6.48 Å². The Morgan fingerprint density at radius 3 is 2.30 bits per heavy atom. The smallest absolute Gasteiger partial charge is 0.0567 e. The van der Waals surface area contributed by atoms with Crippen molar-refractivity contribution in [2.75, 3.05) is 18.6 Å². The Bertz CT molecular complexity index is 389. The van der Waals surface area contributed by atoms with Gasteiger partial charge in [0.05, 0.1) is 5.69 Å². The van der Waals surface area contributed by atoms with Gasteiger partial charge in [-0.05, 0) is 18.1 Å². The number of hydrogen-bond acceptors (Lipinski definition) is 2. The summed E-state index contributed by atoms with van der Waals surface area (Å²) in [7, 11) is 2.20. The molecule has 0 atom stereocenters. The van der Waals surface area contributed by atoms with E-state index < -0.39 is 0 Å². The predicted octanol–water partition coefficient (Wildman–Crippen LogP) is 4.99. The average molecular weight is 274 g/mol. The van der Waals surface area contributed by atoms with Gasteiger partial charge in [0.25, 0.3) is 0 Å². The van der Waals surface area contributed by atoms with E-state index in [-0.39, 0.29) is 0 Å². The molecule has 112 valence electrons. The van der Waals surface area contributed by atoms with Gasteiger partial charge >= 0.3 is 0 Å². The first-order valence-corrected chi connectivity index (χ1v) is 8.39. The van der Waals surface area contributed by atoms with Crippen LogP contribution < -0.4 is 5.01 Å². The third-order valence-electron chi connectivity index (χ3n) is 4.30. The van der Waals surface area contributed by atoms with Crippen molar-refractivity contribution in [1.29, 1.82) is 0 Å². The summed E-state index contributed by atoms with van der Waals surface area (Å²) in [5.74, 6) is 0. The Kier molecular flexibility index (Phi) is 6.38. The van der Waals surface area contributed by atoms with Gasteiger partial charge < -0.3 is 5.01 Å². The number of benzene rings is 1. The number of anilines is 1. The molecule has 0 aliphatic carbocycles. The predicted molar refractivity (Wildman–Crippen MR) is 87.9 cm³/mol. The van der Waals surface area contributed by atoms with E-state index in [1.165, 1.54) is 69.2 Å². The van der Waals surface area contributed by atoms with Crippen molar-refractivity contribution in [2.24, 2.45) is 0 Å². The van der Waals surface area contributed by atoms with Gasteiger partial charge in [-0.2, -0.15) is 0 Å². The molecule has 1 aliphatic rings. The maximum absolute atomic E-state index is 2.45. The molecule has 0 unspecified atom stereocenters. The number of unbranched alkanes of at least 4 members (excludes halogenated alkanes) is 7. The zero-order chi connectivity index (χ0) is 14.2. The van der Waals surface area contributed by atoms with E-state index in [9.17, 15) is 0 Å². The lowest BCUT2D eigenvalue weighted by Crippen LogP contribution is -2.35. The number of hydrazine groups is 1. The lowest BCUT2D eigenvalue weighted by molar-refractivity contribution is 0.319. The third kappa shape index (κ3) is 4.24. The molecule has 2 nitrogen and oxygen atoms in total. The highest BCUT2D eigenvalue weighted by Gasteiger charge is 2.22. The van der Waals surface area contributed by atoms with E-state index in [2.05, 4.69) is 48.3 Å². The normalized spacial score (nSPS) is 14.8. The largest absolute Gasteiger partial charge is 0.305 e. The minimum absolute atomic E-state index is 1.06. The van der Waals surface area contributed by atoms with Crippen LogP contribution in [0.3, 0.4) is 0 Å². The Labute approximate surface area is 124 Å². The second kappa shape index (κ2) is 8.31. The molecule has 20 heavy (non-hydrogen) atoms. The molecule has 0 bridgehead atoms. The van der Waals surface area contributed by atoms with Crippen molar-refractivity contribution in [3.63, 3.8) is 0 Å². The molecule has 0 saturated heterocycles. The van der Waals surface area contributed by atoms with Crippen molar-refractivity contribution < 1.29 is 0 Å². The summed E-state index contributed by atoms with van der Waals surface area (Å²) in [6.07, 6.45) is 11.1. The van der Waals surface area contributed by atoms with E-state index in [1.807, 2.05) is 0 Å². The summed E-state index contributed by atoms with van der Waals surface area (Å²) in [4.78, 5) is 0. The highest BCUT2D eigenvalue weighted by Crippen LogP contribution is 2.30. The molecule has 0 spiro atoms. The molecule has 2 rings (SSSR count). The highest BCUT2D eigenvalue weighted by atomic mass is 15.6. The molecule has 0 fully saturated rings. The Morgan fingerprint density at radius 2 is 1.55 bits per heavy atom. The van der Waals surface area contributed by atoms with Crippen LogP contribution in [0.15, 0.2) is 24.3 Å². The monoisotopic (exact) mass is 274 g/mol. The van der Waals surface area contributed by atoms with Gasteiger partial charge in [0, 0.05) is 20.1 Å². The number of para-hydroxylation sites is 1. The zero-order valence-electron chi connectivity index (χ0n) is 13.3. The van der Waals surface area contributed by atoms with Crippen LogP contribution >= 0.6 is 0 Å². The molecule has 1 heterocycles. The molecule has 2 heteroatoms. The first kappa shape index (κ1) is 15.4. The van der Waals surface area contributed by atoms with E-state index in [1.54, 1.807) is 0 Å². The summed E-state index contributed by atoms with van der Waals surface area (Å²) in [5, 5.41) is 4.80. The zero-order valence-corrected chi connectivity index (χ0v) is 13.3. The standard InChI is InChI=1S/C18H30N2/c1-3-4-5-6-7-8-9-12-15-20-18-14-11-10-13-17(18)16-19(20)2/h10-11,13-14H,3-9,12,15-16H2,1-2H3. The summed E-state index contributed by atoms with van der Waals surface area (Å²) in [5.41, 5.74) is 2.88. The van der Waals surface area contributed by atoms with Crippen LogP contribution in [-0.4, -0.2) is 18.6 Å². The Morgan fingerprint density at radius 1 is 0.900 bits per heavy atom. The molecule has 1 aromatic rings. The Hall–Kier alpha value is -1.02. The van der Waals surface area contributed by atoms with Gasteiger partial charge in [0.1, 0.15) is 0 Å². The molecule has 0 amide bonds. The van der Waals surface area contributed by atoms with Gasteiger partial charge in [-0.15, -0.1) is 0 Å². The maximum Gasteiger partial charge on any atom is 0.0567 e. The number of rotatable bonds is 9. The van der Waals surface area contributed by atoms with Crippen LogP contribution in [0.5, 0.6) is 0 Å². The molecule has 0 radical (unpaired) electrons. The molecule has 1 aromatic carbocycles. The number of fused-ring (bicyclic) bond motifs is 1. The van der Waals surface area contributed by atoms with E-state index in [0.717, 1.165) is 6.54 Å². The van der Waals surface area contributed by atoms with Gasteiger partial charge in [-0.3, -0.25) is 0 Å². The number of hydrogen-bond donors (Lipinski definition) is 0. The van der Waals surface area contributed by atoms with Crippen molar-refractivity contribution in [1.82, 2.24) is 5.01 Å². The van der Waals surface area contributed by atoms with Crippen LogP contribution in [0, 0.1) is 0 Å². The minimum atomic E-state index is 1.06. The van der Waals surface area contributed by atoms with Crippen LogP contribution in [-0.2, 0) is 6.54 Å². The second-order valence-corrected chi connectivity index (χ2v) is 6.04. The van der Waals surface area contributed by atoms with Crippen LogP contribution in [0.4, 0.5) is 5.69 Å². The Balaban J connectivity index is 1.62. The molecular weight excluding hydrogens is 244 g/mol. The summed E-state index contributed by atoms with van der Waals surface area (Å²) >= 11 is 0. The van der Waals surface area contributed by atoms with Gasteiger partial charge in [-0.1, -0.05) is 70.1 Å². The number of nitrogens with zero attached hydrogens (tertiary/aromatic N) is 2. The molecular formula is C18H30N2. The lowest BCUT2D eigenvalue weighted by Gasteiger charge is -2.27. The fraction of sp³-hybridized carbons (Fsp3) is 0.667. The maximum atomic E-state index is 2.45. The fourth-order valence-corrected chi connectivity index (χ4v) is 3.10. The minimum Gasteiger partial charge on any atom is -0.305 e. The van der Waals surface area contributed by atoms with Crippen molar-refractivity contribution >= 4 is 5.69 Å². The highest BCUT2D eigenvalue weighted by molar-refractivity contribution is 5.55. The van der Waals surface area contributed by atoms with Crippen LogP contribution in [0.1, 0.15) is 63.9 Å². The van der Waals surface area contributed by atoms with Crippen LogP contribution in [0.2, 0.25) is 0 Å². The summed E-state index contributed by atoms with van der Waals surface area (Å²) in [6.45, 7) is 4.51. The van der Waals surface area contributed by atoms with Gasteiger partial charge in [-0.25, -0.2) is 5.01 Å². The summed E-state index contributed by atoms with van der Waals surface area (Å²) in [6, 6.07) is 8.80. The third-order valence-corrected chi connectivity index (χ3v) is 4.30. The molecule has 0 N–H and O–H groups in total. The lowest BCUT2D eigenvalue weighted by atomic mass is 10.1. The van der Waals surface area contributed by atoms with Gasteiger partial charge in [0.2, 0.25) is 0 Å². The fourth-order valence-electron chi connectivity index (χ4n) is 3.10.